The molecule has 3 nitrogen and oxygen atoms in total. The summed E-state index contributed by atoms with van der Waals surface area (Å²) >= 11 is 1.73. The molecule has 2 rings (SSSR count). The van der Waals surface area contributed by atoms with Crippen molar-refractivity contribution in [3.63, 3.8) is 0 Å². The van der Waals surface area contributed by atoms with Crippen molar-refractivity contribution in [3.05, 3.63) is 45.9 Å². The lowest BCUT2D eigenvalue weighted by Gasteiger charge is -2.10. The average Bonchev–Trinajstić information content (AvgIpc) is 2.81. The lowest BCUT2D eigenvalue weighted by Crippen LogP contribution is -2.03. The van der Waals surface area contributed by atoms with Crippen LogP contribution in [0.2, 0.25) is 0 Å². The van der Waals surface area contributed by atoms with Gasteiger partial charge in [0.05, 0.1) is 18.2 Å². The molecule has 0 atom stereocenters. The Kier molecular flexibility index (Phi) is 4.73. The highest BCUT2D eigenvalue weighted by Gasteiger charge is 2.02. The van der Waals surface area contributed by atoms with Gasteiger partial charge in [-0.25, -0.2) is 4.98 Å². The topological polar surface area (TPSA) is 34.1 Å². The van der Waals surface area contributed by atoms with Gasteiger partial charge in [-0.05, 0) is 25.0 Å². The quantitative estimate of drug-likeness (QED) is 0.867. The van der Waals surface area contributed by atoms with E-state index in [1.54, 1.807) is 18.4 Å². The number of aromatic nitrogens is 1. The van der Waals surface area contributed by atoms with Crippen molar-refractivity contribution < 1.29 is 4.74 Å². The molecule has 0 fully saturated rings. The number of methoxy groups -OCH3 is 1. The van der Waals surface area contributed by atoms with Gasteiger partial charge in [-0.15, -0.1) is 11.3 Å². The van der Waals surface area contributed by atoms with Gasteiger partial charge in [-0.2, -0.15) is 0 Å². The van der Waals surface area contributed by atoms with Crippen molar-refractivity contribution in [2.24, 2.45) is 0 Å². The summed E-state index contributed by atoms with van der Waals surface area (Å²) in [6, 6.07) is 8.36. The Morgan fingerprint density at radius 1 is 1.33 bits per heavy atom. The third kappa shape index (κ3) is 3.55. The van der Waals surface area contributed by atoms with Crippen molar-refractivity contribution in [2.75, 3.05) is 19.0 Å². The fraction of sp³-hybridized carbons (Fsp3) is 0.357. The van der Waals surface area contributed by atoms with E-state index in [-0.39, 0.29) is 0 Å². The second-order valence-electron chi connectivity index (χ2n) is 4.10. The zero-order valence-corrected chi connectivity index (χ0v) is 11.6. The van der Waals surface area contributed by atoms with Gasteiger partial charge in [-0.1, -0.05) is 18.2 Å². The molecule has 0 radical (unpaired) electrons. The molecule has 2 aromatic rings. The highest BCUT2D eigenvalue weighted by Crippen LogP contribution is 2.18. The molecule has 1 heterocycles. The predicted octanol–water partition coefficient (Wildman–Crippen LogP) is 3.25. The Bertz CT molecular complexity index is 496. The van der Waals surface area contributed by atoms with E-state index in [0.29, 0.717) is 0 Å². The van der Waals surface area contributed by atoms with Gasteiger partial charge in [0.2, 0.25) is 0 Å². The average molecular weight is 262 g/mol. The summed E-state index contributed by atoms with van der Waals surface area (Å²) in [4.78, 5) is 5.52. The minimum absolute atomic E-state index is 0.748. The third-order valence-corrected chi connectivity index (χ3v) is 3.63. The van der Waals surface area contributed by atoms with Gasteiger partial charge in [0.15, 0.2) is 0 Å². The van der Waals surface area contributed by atoms with Crippen molar-refractivity contribution >= 4 is 17.0 Å². The number of hydrogen-bond donors (Lipinski definition) is 1. The molecular weight excluding hydrogens is 244 g/mol. The van der Waals surface area contributed by atoms with Gasteiger partial charge in [0.25, 0.3) is 0 Å². The van der Waals surface area contributed by atoms with Crippen LogP contribution in [-0.4, -0.2) is 18.7 Å². The maximum absolute atomic E-state index is 5.13. The summed E-state index contributed by atoms with van der Waals surface area (Å²) in [7, 11) is 1.73. The number of rotatable bonds is 6. The van der Waals surface area contributed by atoms with Gasteiger partial charge in [0.1, 0.15) is 0 Å². The number of ether oxygens (including phenoxy) is 1. The highest BCUT2D eigenvalue weighted by molar-refractivity contribution is 7.11. The van der Waals surface area contributed by atoms with Crippen LogP contribution >= 0.6 is 11.3 Å². The molecular formula is C14H18N2OS. The minimum atomic E-state index is 0.748. The summed E-state index contributed by atoms with van der Waals surface area (Å²) in [5, 5.41) is 4.58. The van der Waals surface area contributed by atoms with Crippen LogP contribution in [0, 0.1) is 6.92 Å². The zero-order chi connectivity index (χ0) is 12.8. The molecule has 0 aliphatic carbocycles. The predicted molar refractivity (Wildman–Crippen MR) is 76.2 cm³/mol. The van der Waals surface area contributed by atoms with Gasteiger partial charge in [-0.3, -0.25) is 0 Å². The molecule has 1 aromatic heterocycles. The van der Waals surface area contributed by atoms with Crippen molar-refractivity contribution in [2.45, 2.75) is 19.9 Å². The van der Waals surface area contributed by atoms with Crippen LogP contribution in [0.1, 0.15) is 15.4 Å². The van der Waals surface area contributed by atoms with Crippen LogP contribution in [-0.2, 0) is 17.7 Å². The first-order valence-corrected chi connectivity index (χ1v) is 6.83. The smallest absolute Gasteiger partial charge is 0.0897 e. The number of para-hydroxylation sites is 1. The fourth-order valence-corrected chi connectivity index (χ4v) is 2.53. The maximum atomic E-state index is 5.13. The zero-order valence-electron chi connectivity index (χ0n) is 10.8. The maximum Gasteiger partial charge on any atom is 0.0897 e. The van der Waals surface area contributed by atoms with Crippen LogP contribution < -0.4 is 5.32 Å². The number of anilines is 1. The number of nitrogens with one attached hydrogen (secondary N) is 1. The largest absolute Gasteiger partial charge is 0.384 e. The molecule has 0 spiro atoms. The van der Waals surface area contributed by atoms with E-state index in [2.05, 4.69) is 34.6 Å². The molecule has 1 aromatic carbocycles. The van der Waals surface area contributed by atoms with E-state index < -0.39 is 0 Å². The van der Waals surface area contributed by atoms with Gasteiger partial charge in [0, 0.05) is 23.9 Å². The SMILES string of the molecule is COCCc1ccccc1NCc1cnc(C)s1. The second kappa shape index (κ2) is 6.52. The molecule has 0 aliphatic rings. The summed E-state index contributed by atoms with van der Waals surface area (Å²) in [6.07, 6.45) is 2.87. The number of thiazole rings is 1. The Morgan fingerprint density at radius 3 is 2.89 bits per heavy atom. The number of hydrogen-bond acceptors (Lipinski definition) is 4. The molecule has 0 bridgehead atoms. The summed E-state index contributed by atoms with van der Waals surface area (Å²) in [6.45, 7) is 3.61. The van der Waals surface area contributed by atoms with E-state index in [1.165, 1.54) is 16.1 Å². The summed E-state index contributed by atoms with van der Waals surface area (Å²) in [5.74, 6) is 0. The van der Waals surface area contributed by atoms with Crippen LogP contribution in [0.5, 0.6) is 0 Å². The van der Waals surface area contributed by atoms with Crippen LogP contribution in [0.4, 0.5) is 5.69 Å². The first kappa shape index (κ1) is 13.1. The van der Waals surface area contributed by atoms with E-state index in [1.807, 2.05) is 13.1 Å². The molecule has 4 heteroatoms. The second-order valence-corrected chi connectivity index (χ2v) is 5.42. The molecule has 0 saturated heterocycles. The number of nitrogens with zero attached hydrogens (tertiary/aromatic N) is 1. The molecule has 18 heavy (non-hydrogen) atoms. The molecule has 96 valence electrons. The highest BCUT2D eigenvalue weighted by atomic mass is 32.1. The Hall–Kier alpha value is -1.39. The van der Waals surface area contributed by atoms with Crippen molar-refractivity contribution in [3.8, 4) is 0 Å². The van der Waals surface area contributed by atoms with E-state index in [4.69, 9.17) is 4.74 Å². The lowest BCUT2D eigenvalue weighted by atomic mass is 10.1. The lowest BCUT2D eigenvalue weighted by molar-refractivity contribution is 0.202. The van der Waals surface area contributed by atoms with E-state index >= 15 is 0 Å². The molecule has 0 aliphatic heterocycles. The standard InChI is InChI=1S/C14H18N2OS/c1-11-15-9-13(18-11)10-16-14-6-4-3-5-12(14)7-8-17-2/h3-6,9,16H,7-8,10H2,1-2H3. The van der Waals surface area contributed by atoms with Gasteiger partial charge < -0.3 is 10.1 Å². The Balaban J connectivity index is 1.99. The van der Waals surface area contributed by atoms with Crippen LogP contribution in [0.15, 0.2) is 30.5 Å². The van der Waals surface area contributed by atoms with E-state index in [9.17, 15) is 0 Å². The summed E-state index contributed by atoms with van der Waals surface area (Å²) in [5.41, 5.74) is 2.47. The third-order valence-electron chi connectivity index (χ3n) is 2.72. The van der Waals surface area contributed by atoms with Crippen LogP contribution in [0.25, 0.3) is 0 Å². The number of aryl methyl sites for hydroxylation is 1. The molecule has 0 amide bonds. The van der Waals surface area contributed by atoms with Crippen molar-refractivity contribution in [1.29, 1.82) is 0 Å². The first-order valence-electron chi connectivity index (χ1n) is 6.01. The van der Waals surface area contributed by atoms with Gasteiger partial charge >= 0.3 is 0 Å². The summed E-state index contributed by atoms with van der Waals surface area (Å²) < 4.78 is 5.13. The Labute approximate surface area is 112 Å². The first-order chi connectivity index (χ1) is 8.79. The normalized spacial score (nSPS) is 10.6. The fourth-order valence-electron chi connectivity index (χ4n) is 1.79. The Morgan fingerprint density at radius 2 is 2.17 bits per heavy atom. The molecule has 0 saturated carbocycles. The van der Waals surface area contributed by atoms with Crippen molar-refractivity contribution in [1.82, 2.24) is 4.98 Å². The van der Waals surface area contributed by atoms with Crippen LogP contribution in [0.3, 0.4) is 0 Å². The monoisotopic (exact) mass is 262 g/mol. The van der Waals surface area contributed by atoms with E-state index in [0.717, 1.165) is 24.6 Å². The number of benzene rings is 1. The molecule has 1 N–H and O–H groups in total. The molecule has 0 unspecified atom stereocenters. The minimum Gasteiger partial charge on any atom is -0.384 e.